The summed E-state index contributed by atoms with van der Waals surface area (Å²) in [4.78, 5) is 9.39. The van der Waals surface area contributed by atoms with E-state index in [0.29, 0.717) is 21.7 Å². The van der Waals surface area contributed by atoms with Crippen LogP contribution in [0.15, 0.2) is 23.2 Å². The molecule has 1 heterocycles. The minimum atomic E-state index is -0.729. The second kappa shape index (κ2) is 14.6. The van der Waals surface area contributed by atoms with Crippen LogP contribution in [0.4, 0.5) is 0 Å². The third-order valence-electron chi connectivity index (χ3n) is 5.13. The third-order valence-corrected chi connectivity index (χ3v) is 5.93. The maximum absolute atomic E-state index is 10.3. The molecule has 0 aromatic heterocycles. The average molecular weight is 573 g/mol. The topological polar surface area (TPSA) is 60.3 Å². The van der Waals surface area contributed by atoms with Crippen LogP contribution in [0.1, 0.15) is 27.2 Å². The Morgan fingerprint density at radius 2 is 2.07 bits per heavy atom. The SMILES string of the molecule is CCNC(=NCC(O)COc1cccc(Cl)c1Cl)N1CCC(CN(CC)CC)C1.I. The second-order valence-corrected chi connectivity index (χ2v) is 8.08. The van der Waals surface area contributed by atoms with E-state index in [1.165, 1.54) is 6.42 Å². The first-order valence-electron chi connectivity index (χ1n) is 10.5. The number of hydrogen-bond acceptors (Lipinski definition) is 4. The van der Waals surface area contributed by atoms with E-state index in [1.807, 2.05) is 0 Å². The molecule has 1 fully saturated rings. The molecule has 30 heavy (non-hydrogen) atoms. The van der Waals surface area contributed by atoms with Crippen molar-refractivity contribution in [3.63, 3.8) is 0 Å². The maximum atomic E-state index is 10.3. The summed E-state index contributed by atoms with van der Waals surface area (Å²) >= 11 is 12.1. The Bertz CT molecular complexity index is 662. The van der Waals surface area contributed by atoms with E-state index in [2.05, 4.69) is 40.9 Å². The quantitative estimate of drug-likeness (QED) is 0.252. The predicted molar refractivity (Wildman–Crippen MR) is 137 cm³/mol. The number of rotatable bonds is 10. The Labute approximate surface area is 208 Å². The van der Waals surface area contributed by atoms with Crippen LogP contribution in [0.2, 0.25) is 10.0 Å². The van der Waals surface area contributed by atoms with Gasteiger partial charge in [0.15, 0.2) is 5.96 Å². The van der Waals surface area contributed by atoms with Gasteiger partial charge in [-0.2, -0.15) is 0 Å². The van der Waals surface area contributed by atoms with Crippen LogP contribution < -0.4 is 10.1 Å². The number of aliphatic hydroxyl groups is 1. The number of halogens is 3. The zero-order valence-corrected chi connectivity index (χ0v) is 22.0. The van der Waals surface area contributed by atoms with Crippen LogP contribution in [0, 0.1) is 5.92 Å². The highest BCUT2D eigenvalue weighted by molar-refractivity contribution is 14.0. The fourth-order valence-electron chi connectivity index (χ4n) is 3.47. The summed E-state index contributed by atoms with van der Waals surface area (Å²) in [5.74, 6) is 1.97. The molecule has 0 amide bonds. The molecule has 1 aromatic rings. The molecular formula is C21H35Cl2IN4O2. The van der Waals surface area contributed by atoms with Gasteiger partial charge in [0.05, 0.1) is 11.6 Å². The molecule has 9 heteroatoms. The van der Waals surface area contributed by atoms with Crippen molar-refractivity contribution in [3.8, 4) is 5.75 Å². The van der Waals surface area contributed by atoms with Crippen LogP contribution >= 0.6 is 47.2 Å². The minimum Gasteiger partial charge on any atom is -0.489 e. The van der Waals surface area contributed by atoms with Gasteiger partial charge in [0.25, 0.3) is 0 Å². The molecule has 0 aliphatic carbocycles. The first kappa shape index (κ1) is 27.6. The molecule has 1 saturated heterocycles. The summed E-state index contributed by atoms with van der Waals surface area (Å²) in [6.07, 6.45) is 0.438. The van der Waals surface area contributed by atoms with E-state index in [9.17, 15) is 5.11 Å². The number of likely N-dealkylation sites (tertiary alicyclic amines) is 1. The number of ether oxygens (including phenoxy) is 1. The zero-order chi connectivity index (χ0) is 21.2. The van der Waals surface area contributed by atoms with E-state index in [4.69, 9.17) is 27.9 Å². The maximum Gasteiger partial charge on any atom is 0.194 e. The molecule has 2 rings (SSSR count). The average Bonchev–Trinajstić information content (AvgIpc) is 3.18. The molecule has 2 unspecified atom stereocenters. The molecule has 0 radical (unpaired) electrons. The summed E-state index contributed by atoms with van der Waals surface area (Å²) in [7, 11) is 0. The standard InChI is InChI=1S/C21H34Cl2N4O2.HI/c1-4-24-21(27-11-10-16(14-27)13-26(5-2)6-3)25-12-17(28)15-29-19-9-7-8-18(22)20(19)23;/h7-9,16-17,28H,4-6,10-15H2,1-3H3,(H,24,25);1H. The molecule has 1 aromatic carbocycles. The molecule has 172 valence electrons. The number of aliphatic imine (C=N–C) groups is 1. The Balaban J connectivity index is 0.00000450. The lowest BCUT2D eigenvalue weighted by Crippen LogP contribution is -2.41. The second-order valence-electron chi connectivity index (χ2n) is 7.30. The van der Waals surface area contributed by atoms with Gasteiger partial charge in [0.2, 0.25) is 0 Å². The van der Waals surface area contributed by atoms with E-state index in [1.54, 1.807) is 18.2 Å². The van der Waals surface area contributed by atoms with E-state index < -0.39 is 6.10 Å². The number of guanidine groups is 1. The van der Waals surface area contributed by atoms with E-state index in [-0.39, 0.29) is 37.1 Å². The summed E-state index contributed by atoms with van der Waals surface area (Å²) in [6.45, 7) is 12.9. The lowest BCUT2D eigenvalue weighted by molar-refractivity contribution is 0.114. The number of nitrogens with one attached hydrogen (secondary N) is 1. The van der Waals surface area contributed by atoms with Crippen molar-refractivity contribution in [1.29, 1.82) is 0 Å². The number of benzene rings is 1. The van der Waals surface area contributed by atoms with Gasteiger partial charge in [-0.25, -0.2) is 0 Å². The molecule has 6 nitrogen and oxygen atoms in total. The first-order valence-corrected chi connectivity index (χ1v) is 11.2. The van der Waals surface area contributed by atoms with Gasteiger partial charge in [0, 0.05) is 26.2 Å². The molecule has 1 aliphatic heterocycles. The van der Waals surface area contributed by atoms with E-state index >= 15 is 0 Å². The smallest absolute Gasteiger partial charge is 0.194 e. The number of nitrogens with zero attached hydrogens (tertiary/aromatic N) is 3. The molecule has 2 N–H and O–H groups in total. The molecule has 1 aliphatic rings. The largest absolute Gasteiger partial charge is 0.489 e. The van der Waals surface area contributed by atoms with Crippen molar-refractivity contribution < 1.29 is 9.84 Å². The number of hydrogen-bond donors (Lipinski definition) is 2. The Morgan fingerprint density at radius 3 is 2.73 bits per heavy atom. The molecule has 0 bridgehead atoms. The summed E-state index contributed by atoms with van der Waals surface area (Å²) < 4.78 is 5.61. The summed E-state index contributed by atoms with van der Waals surface area (Å²) in [5.41, 5.74) is 0. The van der Waals surface area contributed by atoms with Gasteiger partial charge in [0.1, 0.15) is 23.5 Å². The Morgan fingerprint density at radius 1 is 1.33 bits per heavy atom. The highest BCUT2D eigenvalue weighted by Gasteiger charge is 2.26. The predicted octanol–water partition coefficient (Wildman–Crippen LogP) is 3.98. The van der Waals surface area contributed by atoms with Crippen LogP contribution in [-0.2, 0) is 0 Å². The van der Waals surface area contributed by atoms with Gasteiger partial charge in [-0.15, -0.1) is 24.0 Å². The van der Waals surface area contributed by atoms with Crippen molar-refractivity contribution in [3.05, 3.63) is 28.2 Å². The van der Waals surface area contributed by atoms with Crippen LogP contribution in [0.25, 0.3) is 0 Å². The van der Waals surface area contributed by atoms with Crippen LogP contribution in [-0.4, -0.2) is 79.4 Å². The summed E-state index contributed by atoms with van der Waals surface area (Å²) in [5, 5.41) is 14.4. The zero-order valence-electron chi connectivity index (χ0n) is 18.1. The Hall–Kier alpha value is -0.480. The normalized spacial score (nSPS) is 17.8. The molecule has 2 atom stereocenters. The third kappa shape index (κ3) is 8.57. The summed E-state index contributed by atoms with van der Waals surface area (Å²) in [6, 6.07) is 5.19. The minimum absolute atomic E-state index is 0. The highest BCUT2D eigenvalue weighted by atomic mass is 127. The highest BCUT2D eigenvalue weighted by Crippen LogP contribution is 2.31. The van der Waals surface area contributed by atoms with Gasteiger partial charge in [-0.3, -0.25) is 4.99 Å². The van der Waals surface area contributed by atoms with E-state index in [0.717, 1.165) is 45.2 Å². The fraction of sp³-hybridized carbons (Fsp3) is 0.667. The molecule has 0 saturated carbocycles. The van der Waals surface area contributed by atoms with Gasteiger partial charge >= 0.3 is 0 Å². The monoisotopic (exact) mass is 572 g/mol. The van der Waals surface area contributed by atoms with Crippen LogP contribution in [0.5, 0.6) is 5.75 Å². The lowest BCUT2D eigenvalue weighted by Gasteiger charge is -2.24. The number of aliphatic hydroxyl groups excluding tert-OH is 1. The Kier molecular flexibility index (Phi) is 13.4. The van der Waals surface area contributed by atoms with Crippen molar-refractivity contribution in [2.75, 3.05) is 52.4 Å². The fourth-order valence-corrected chi connectivity index (χ4v) is 3.82. The van der Waals surface area contributed by atoms with Gasteiger partial charge in [-0.1, -0.05) is 43.1 Å². The van der Waals surface area contributed by atoms with Crippen LogP contribution in [0.3, 0.4) is 0 Å². The van der Waals surface area contributed by atoms with Crippen molar-refractivity contribution in [2.45, 2.75) is 33.3 Å². The van der Waals surface area contributed by atoms with Crippen molar-refractivity contribution in [1.82, 2.24) is 15.1 Å². The molecule has 0 spiro atoms. The van der Waals surface area contributed by atoms with Crippen molar-refractivity contribution >= 4 is 53.1 Å². The van der Waals surface area contributed by atoms with Gasteiger partial charge in [-0.05, 0) is 44.5 Å². The first-order chi connectivity index (χ1) is 14.0. The lowest BCUT2D eigenvalue weighted by atomic mass is 10.1. The van der Waals surface area contributed by atoms with Crippen molar-refractivity contribution in [2.24, 2.45) is 10.9 Å². The van der Waals surface area contributed by atoms with Gasteiger partial charge < -0.3 is 25.0 Å². The molecular weight excluding hydrogens is 538 g/mol.